The molecule has 2 N–H and O–H groups in total. The Hall–Kier alpha value is -2.96. The number of anilines is 1. The monoisotopic (exact) mass is 377 g/mol. The minimum atomic E-state index is -4.63. The van der Waals surface area contributed by atoms with Gasteiger partial charge in [-0.15, -0.1) is 0 Å². The van der Waals surface area contributed by atoms with Crippen molar-refractivity contribution in [3.05, 3.63) is 59.9 Å². The SMILES string of the molecule is Oc1c(-c2ccccc2)oc(NC2CC2)c1-c1cc(C(F)(F)F)ccc1F. The van der Waals surface area contributed by atoms with Crippen molar-refractivity contribution in [2.24, 2.45) is 0 Å². The van der Waals surface area contributed by atoms with Gasteiger partial charge in [0.1, 0.15) is 5.82 Å². The fraction of sp³-hybridized carbons (Fsp3) is 0.200. The molecule has 0 unspecified atom stereocenters. The average Bonchev–Trinajstić information content (AvgIpc) is 3.38. The number of rotatable bonds is 4. The minimum absolute atomic E-state index is 0.0621. The molecular weight excluding hydrogens is 362 g/mol. The minimum Gasteiger partial charge on any atom is -0.504 e. The normalized spacial score (nSPS) is 14.4. The molecule has 1 aliphatic carbocycles. The number of benzene rings is 2. The average molecular weight is 377 g/mol. The predicted molar refractivity (Wildman–Crippen MR) is 92.8 cm³/mol. The lowest BCUT2D eigenvalue weighted by atomic mass is 10.0. The number of halogens is 4. The van der Waals surface area contributed by atoms with Crippen LogP contribution >= 0.6 is 0 Å². The van der Waals surface area contributed by atoms with Crippen molar-refractivity contribution in [3.63, 3.8) is 0 Å². The summed E-state index contributed by atoms with van der Waals surface area (Å²) in [5.74, 6) is -1.14. The van der Waals surface area contributed by atoms with E-state index in [1.807, 2.05) is 0 Å². The zero-order chi connectivity index (χ0) is 19.2. The summed E-state index contributed by atoms with van der Waals surface area (Å²) in [7, 11) is 0. The van der Waals surface area contributed by atoms with Gasteiger partial charge in [0, 0.05) is 17.2 Å². The van der Waals surface area contributed by atoms with Crippen LogP contribution in [0.4, 0.5) is 23.4 Å². The van der Waals surface area contributed by atoms with Crippen LogP contribution in [0.25, 0.3) is 22.5 Å². The summed E-state index contributed by atoms with van der Waals surface area (Å²) in [6, 6.07) is 10.8. The van der Waals surface area contributed by atoms with E-state index in [9.17, 15) is 22.7 Å². The van der Waals surface area contributed by atoms with E-state index in [0.717, 1.165) is 18.9 Å². The van der Waals surface area contributed by atoms with E-state index in [4.69, 9.17) is 4.42 Å². The van der Waals surface area contributed by atoms with Crippen LogP contribution in [0.15, 0.2) is 52.9 Å². The number of furan rings is 1. The van der Waals surface area contributed by atoms with Gasteiger partial charge in [-0.1, -0.05) is 30.3 Å². The Labute approximate surface area is 152 Å². The fourth-order valence-corrected chi connectivity index (χ4v) is 2.87. The van der Waals surface area contributed by atoms with E-state index in [-0.39, 0.29) is 28.8 Å². The van der Waals surface area contributed by atoms with Gasteiger partial charge in [-0.3, -0.25) is 0 Å². The molecule has 0 saturated heterocycles. The Morgan fingerprint density at radius 2 is 1.74 bits per heavy atom. The molecule has 0 spiro atoms. The summed E-state index contributed by atoms with van der Waals surface area (Å²) in [6.07, 6.45) is -2.90. The van der Waals surface area contributed by atoms with Crippen LogP contribution < -0.4 is 5.32 Å². The first-order valence-electron chi connectivity index (χ1n) is 8.39. The lowest BCUT2D eigenvalue weighted by molar-refractivity contribution is -0.137. The molecular formula is C20H15F4NO2. The third-order valence-electron chi connectivity index (χ3n) is 4.39. The van der Waals surface area contributed by atoms with E-state index in [1.165, 1.54) is 0 Å². The lowest BCUT2D eigenvalue weighted by Crippen LogP contribution is -2.06. The lowest BCUT2D eigenvalue weighted by Gasteiger charge is -2.11. The largest absolute Gasteiger partial charge is 0.504 e. The van der Waals surface area contributed by atoms with E-state index < -0.39 is 23.3 Å². The van der Waals surface area contributed by atoms with Gasteiger partial charge in [0.05, 0.1) is 11.1 Å². The molecule has 1 aromatic heterocycles. The van der Waals surface area contributed by atoms with Gasteiger partial charge < -0.3 is 14.8 Å². The van der Waals surface area contributed by atoms with Crippen molar-refractivity contribution in [2.45, 2.75) is 25.1 Å². The highest BCUT2D eigenvalue weighted by atomic mass is 19.4. The predicted octanol–water partition coefficient (Wildman–Crippen LogP) is 6.05. The maximum absolute atomic E-state index is 14.4. The van der Waals surface area contributed by atoms with Gasteiger partial charge in [-0.05, 0) is 31.0 Å². The molecule has 1 aliphatic rings. The van der Waals surface area contributed by atoms with Crippen molar-refractivity contribution in [3.8, 4) is 28.2 Å². The van der Waals surface area contributed by atoms with Gasteiger partial charge in [-0.2, -0.15) is 13.2 Å². The fourth-order valence-electron chi connectivity index (χ4n) is 2.87. The van der Waals surface area contributed by atoms with Crippen molar-refractivity contribution in [2.75, 3.05) is 5.32 Å². The molecule has 140 valence electrons. The molecule has 0 aliphatic heterocycles. The summed E-state index contributed by atoms with van der Waals surface area (Å²) in [5, 5.41) is 13.7. The summed E-state index contributed by atoms with van der Waals surface area (Å²) < 4.78 is 59.4. The number of nitrogens with one attached hydrogen (secondary N) is 1. The van der Waals surface area contributed by atoms with Gasteiger partial charge in [0.2, 0.25) is 5.88 Å². The smallest absolute Gasteiger partial charge is 0.416 e. The number of aromatic hydroxyl groups is 1. The Balaban J connectivity index is 1.90. The second-order valence-electron chi connectivity index (χ2n) is 6.46. The van der Waals surface area contributed by atoms with Crippen molar-refractivity contribution < 1.29 is 27.1 Å². The summed E-state index contributed by atoms with van der Waals surface area (Å²) >= 11 is 0. The van der Waals surface area contributed by atoms with Crippen molar-refractivity contribution >= 4 is 5.88 Å². The molecule has 1 saturated carbocycles. The Morgan fingerprint density at radius 1 is 1.04 bits per heavy atom. The maximum Gasteiger partial charge on any atom is 0.416 e. The van der Waals surface area contributed by atoms with E-state index in [2.05, 4.69) is 5.32 Å². The third kappa shape index (κ3) is 3.37. The summed E-state index contributed by atoms with van der Waals surface area (Å²) in [5.41, 5.74) is -0.939. The molecule has 4 rings (SSSR count). The van der Waals surface area contributed by atoms with Crippen LogP contribution in [-0.2, 0) is 6.18 Å². The van der Waals surface area contributed by atoms with Crippen LogP contribution in [0.2, 0.25) is 0 Å². The molecule has 0 atom stereocenters. The molecule has 27 heavy (non-hydrogen) atoms. The van der Waals surface area contributed by atoms with Crippen LogP contribution in [0.5, 0.6) is 5.75 Å². The maximum atomic E-state index is 14.4. The van der Waals surface area contributed by atoms with Gasteiger partial charge in [0.15, 0.2) is 11.5 Å². The first kappa shape index (κ1) is 17.5. The van der Waals surface area contributed by atoms with Crippen molar-refractivity contribution in [1.29, 1.82) is 0 Å². The van der Waals surface area contributed by atoms with Crippen LogP contribution in [0.1, 0.15) is 18.4 Å². The molecule has 0 bridgehead atoms. The summed E-state index contributed by atoms with van der Waals surface area (Å²) in [4.78, 5) is 0. The molecule has 1 fully saturated rings. The van der Waals surface area contributed by atoms with Gasteiger partial charge in [0.25, 0.3) is 0 Å². The highest BCUT2D eigenvalue weighted by Gasteiger charge is 2.34. The van der Waals surface area contributed by atoms with Crippen LogP contribution in [0.3, 0.4) is 0 Å². The van der Waals surface area contributed by atoms with Gasteiger partial charge in [-0.25, -0.2) is 4.39 Å². The van der Waals surface area contributed by atoms with Crippen molar-refractivity contribution in [1.82, 2.24) is 0 Å². The molecule has 1 heterocycles. The Kier molecular flexibility index (Phi) is 4.09. The number of hydrogen-bond acceptors (Lipinski definition) is 3. The van der Waals surface area contributed by atoms with Crippen LogP contribution in [-0.4, -0.2) is 11.1 Å². The number of alkyl halides is 3. The van der Waals surface area contributed by atoms with E-state index in [1.54, 1.807) is 30.3 Å². The summed E-state index contributed by atoms with van der Waals surface area (Å²) in [6.45, 7) is 0. The van der Waals surface area contributed by atoms with Crippen LogP contribution in [0, 0.1) is 5.82 Å². The highest BCUT2D eigenvalue weighted by Crippen LogP contribution is 2.48. The highest BCUT2D eigenvalue weighted by molar-refractivity contribution is 5.88. The first-order valence-corrected chi connectivity index (χ1v) is 8.39. The quantitative estimate of drug-likeness (QED) is 0.544. The Bertz CT molecular complexity index is 976. The molecule has 2 aromatic carbocycles. The second kappa shape index (κ2) is 6.33. The molecule has 3 aromatic rings. The van der Waals surface area contributed by atoms with E-state index >= 15 is 0 Å². The molecule has 0 radical (unpaired) electrons. The van der Waals surface area contributed by atoms with Gasteiger partial charge >= 0.3 is 6.18 Å². The zero-order valence-electron chi connectivity index (χ0n) is 14.0. The van der Waals surface area contributed by atoms with E-state index in [0.29, 0.717) is 17.7 Å². The molecule has 7 heteroatoms. The standard InChI is InChI=1S/C20H15F4NO2/c21-15-9-6-12(20(22,23)24)10-14(15)16-17(26)18(11-4-2-1-3-5-11)27-19(16)25-13-7-8-13/h1-6,9-10,13,25-26H,7-8H2. The third-order valence-corrected chi connectivity index (χ3v) is 4.39. The number of hydrogen-bond donors (Lipinski definition) is 2. The zero-order valence-corrected chi connectivity index (χ0v) is 14.0. The molecule has 0 amide bonds. The first-order chi connectivity index (χ1) is 12.8. The topological polar surface area (TPSA) is 45.4 Å². The molecule has 3 nitrogen and oxygen atoms in total. The Morgan fingerprint density at radius 3 is 2.37 bits per heavy atom. The second-order valence-corrected chi connectivity index (χ2v) is 6.46.